The van der Waals surface area contributed by atoms with Gasteiger partial charge in [-0.1, -0.05) is 43.2 Å². The molecule has 1 amide bonds. The Labute approximate surface area is 140 Å². The van der Waals surface area contributed by atoms with Crippen LogP contribution >= 0.6 is 0 Å². The van der Waals surface area contributed by atoms with Gasteiger partial charge >= 0.3 is 5.97 Å². The van der Waals surface area contributed by atoms with Gasteiger partial charge in [0, 0.05) is 0 Å². The predicted octanol–water partition coefficient (Wildman–Crippen LogP) is 3.12. The lowest BCUT2D eigenvalue weighted by atomic mass is 9.97. The van der Waals surface area contributed by atoms with Gasteiger partial charge in [-0.3, -0.25) is 4.79 Å². The SMILES string of the molecule is C[C@@H](Oc1ccc2ccccc2c1)C(=O)NC1(C(=O)O)CCCC1. The average molecular weight is 327 g/mol. The normalized spacial score (nSPS) is 17.4. The van der Waals surface area contributed by atoms with Crippen molar-refractivity contribution in [3.05, 3.63) is 42.5 Å². The molecule has 1 saturated carbocycles. The van der Waals surface area contributed by atoms with Gasteiger partial charge in [-0.25, -0.2) is 4.79 Å². The Kier molecular flexibility index (Phi) is 4.42. The van der Waals surface area contributed by atoms with Crippen LogP contribution in [-0.4, -0.2) is 28.6 Å². The fraction of sp³-hybridized carbons (Fsp3) is 0.368. The number of rotatable bonds is 5. The number of carbonyl (C=O) groups is 2. The van der Waals surface area contributed by atoms with E-state index in [2.05, 4.69) is 5.32 Å². The van der Waals surface area contributed by atoms with Crippen molar-refractivity contribution in [1.82, 2.24) is 5.32 Å². The second kappa shape index (κ2) is 6.51. The number of aliphatic carboxylic acids is 1. The number of amides is 1. The van der Waals surface area contributed by atoms with Crippen LogP contribution in [0, 0.1) is 0 Å². The topological polar surface area (TPSA) is 75.6 Å². The maximum Gasteiger partial charge on any atom is 0.329 e. The summed E-state index contributed by atoms with van der Waals surface area (Å²) in [7, 11) is 0. The summed E-state index contributed by atoms with van der Waals surface area (Å²) >= 11 is 0. The Morgan fingerprint density at radius 1 is 1.12 bits per heavy atom. The van der Waals surface area contributed by atoms with Gasteiger partial charge in [0.2, 0.25) is 0 Å². The molecule has 24 heavy (non-hydrogen) atoms. The number of hydrogen-bond acceptors (Lipinski definition) is 3. The first-order chi connectivity index (χ1) is 11.5. The molecule has 0 saturated heterocycles. The zero-order valence-electron chi connectivity index (χ0n) is 13.6. The largest absolute Gasteiger partial charge is 0.481 e. The van der Waals surface area contributed by atoms with Crippen LogP contribution in [0.5, 0.6) is 5.75 Å². The summed E-state index contributed by atoms with van der Waals surface area (Å²) in [5.41, 5.74) is -1.14. The van der Waals surface area contributed by atoms with Crippen molar-refractivity contribution < 1.29 is 19.4 Å². The molecule has 0 radical (unpaired) electrons. The van der Waals surface area contributed by atoms with Gasteiger partial charge in [0.1, 0.15) is 11.3 Å². The molecule has 0 unspecified atom stereocenters. The van der Waals surface area contributed by atoms with Crippen molar-refractivity contribution in [2.45, 2.75) is 44.2 Å². The molecule has 2 aromatic rings. The van der Waals surface area contributed by atoms with Crippen LogP contribution in [0.2, 0.25) is 0 Å². The third-order valence-electron chi connectivity index (χ3n) is 4.63. The van der Waals surface area contributed by atoms with Crippen molar-refractivity contribution in [3.8, 4) is 5.75 Å². The number of carbonyl (C=O) groups excluding carboxylic acids is 1. The molecule has 1 atom stereocenters. The molecule has 5 heteroatoms. The van der Waals surface area contributed by atoms with E-state index in [-0.39, 0.29) is 0 Å². The summed E-state index contributed by atoms with van der Waals surface area (Å²) in [4.78, 5) is 23.9. The molecule has 0 aliphatic heterocycles. The van der Waals surface area contributed by atoms with Gasteiger partial charge in [-0.2, -0.15) is 0 Å². The fourth-order valence-corrected chi connectivity index (χ4v) is 3.21. The Hall–Kier alpha value is -2.56. The summed E-state index contributed by atoms with van der Waals surface area (Å²) in [6.45, 7) is 1.63. The van der Waals surface area contributed by atoms with Crippen molar-refractivity contribution in [3.63, 3.8) is 0 Å². The fourth-order valence-electron chi connectivity index (χ4n) is 3.21. The molecule has 0 bridgehead atoms. The lowest BCUT2D eigenvalue weighted by Crippen LogP contribution is -2.55. The molecule has 0 aromatic heterocycles. The molecule has 2 aromatic carbocycles. The van der Waals surface area contributed by atoms with E-state index in [1.165, 1.54) is 0 Å². The summed E-state index contributed by atoms with van der Waals surface area (Å²) in [6, 6.07) is 13.5. The molecule has 126 valence electrons. The molecule has 5 nitrogen and oxygen atoms in total. The molecular formula is C19H21NO4. The first kappa shape index (κ1) is 16.3. The van der Waals surface area contributed by atoms with Crippen LogP contribution in [0.1, 0.15) is 32.6 Å². The van der Waals surface area contributed by atoms with Crippen LogP contribution in [-0.2, 0) is 9.59 Å². The zero-order chi connectivity index (χ0) is 17.2. The molecule has 3 rings (SSSR count). The Balaban J connectivity index is 1.70. The molecule has 0 heterocycles. The minimum absolute atomic E-state index is 0.396. The summed E-state index contributed by atoms with van der Waals surface area (Å²) in [6.07, 6.45) is 1.80. The third kappa shape index (κ3) is 3.20. The van der Waals surface area contributed by atoms with Gasteiger partial charge < -0.3 is 15.2 Å². The van der Waals surface area contributed by atoms with Gasteiger partial charge in [0.15, 0.2) is 6.10 Å². The molecular weight excluding hydrogens is 306 g/mol. The monoisotopic (exact) mass is 327 g/mol. The molecule has 1 aliphatic rings. The van der Waals surface area contributed by atoms with Gasteiger partial charge in [-0.15, -0.1) is 0 Å². The highest BCUT2D eigenvalue weighted by atomic mass is 16.5. The molecule has 0 spiro atoms. The molecule has 1 fully saturated rings. The second-order valence-electron chi connectivity index (χ2n) is 6.35. The number of hydrogen-bond donors (Lipinski definition) is 2. The van der Waals surface area contributed by atoms with E-state index in [0.29, 0.717) is 18.6 Å². The second-order valence-corrected chi connectivity index (χ2v) is 6.35. The van der Waals surface area contributed by atoms with E-state index >= 15 is 0 Å². The maximum atomic E-state index is 12.4. The van der Waals surface area contributed by atoms with Crippen LogP contribution < -0.4 is 10.1 Å². The Bertz CT molecular complexity index is 765. The number of benzene rings is 2. The first-order valence-corrected chi connectivity index (χ1v) is 8.21. The lowest BCUT2D eigenvalue weighted by Gasteiger charge is -2.27. The van der Waals surface area contributed by atoms with E-state index in [4.69, 9.17) is 4.74 Å². The minimum Gasteiger partial charge on any atom is -0.481 e. The van der Waals surface area contributed by atoms with E-state index in [9.17, 15) is 14.7 Å². The van der Waals surface area contributed by atoms with Gasteiger partial charge in [-0.05, 0) is 42.7 Å². The first-order valence-electron chi connectivity index (χ1n) is 8.21. The molecule has 2 N–H and O–H groups in total. The van der Waals surface area contributed by atoms with Gasteiger partial charge in [0.05, 0.1) is 0 Å². The highest BCUT2D eigenvalue weighted by Crippen LogP contribution is 2.30. The highest BCUT2D eigenvalue weighted by Gasteiger charge is 2.43. The van der Waals surface area contributed by atoms with E-state index in [0.717, 1.165) is 23.6 Å². The van der Waals surface area contributed by atoms with Crippen LogP contribution in [0.4, 0.5) is 0 Å². The number of fused-ring (bicyclic) bond motifs is 1. The number of nitrogens with one attached hydrogen (secondary N) is 1. The van der Waals surface area contributed by atoms with Crippen molar-refractivity contribution in [2.24, 2.45) is 0 Å². The maximum absolute atomic E-state index is 12.4. The van der Waals surface area contributed by atoms with Crippen molar-refractivity contribution in [2.75, 3.05) is 0 Å². The third-order valence-corrected chi connectivity index (χ3v) is 4.63. The quantitative estimate of drug-likeness (QED) is 0.885. The highest BCUT2D eigenvalue weighted by molar-refractivity contribution is 5.89. The molecule has 1 aliphatic carbocycles. The predicted molar refractivity (Wildman–Crippen MR) is 91.0 cm³/mol. The zero-order valence-corrected chi connectivity index (χ0v) is 13.6. The van der Waals surface area contributed by atoms with Crippen LogP contribution in [0.3, 0.4) is 0 Å². The summed E-state index contributed by atoms with van der Waals surface area (Å²) < 4.78 is 5.71. The summed E-state index contributed by atoms with van der Waals surface area (Å²) in [5.74, 6) is -0.772. The van der Waals surface area contributed by atoms with E-state index in [1.807, 2.05) is 42.5 Å². The van der Waals surface area contributed by atoms with Crippen molar-refractivity contribution >= 4 is 22.6 Å². The lowest BCUT2D eigenvalue weighted by molar-refractivity contribution is -0.148. The number of ether oxygens (including phenoxy) is 1. The smallest absolute Gasteiger partial charge is 0.329 e. The number of carboxylic acid groups (broad SMARTS) is 1. The standard InChI is InChI=1S/C19H21NO4/c1-13(17(21)20-19(18(22)23)10-4-5-11-19)24-16-9-8-14-6-2-3-7-15(14)12-16/h2-3,6-9,12-13H,4-5,10-11H2,1H3,(H,20,21)(H,22,23)/t13-/m1/s1. The average Bonchev–Trinajstić information content (AvgIpc) is 3.04. The Morgan fingerprint density at radius 2 is 1.79 bits per heavy atom. The number of carboxylic acids is 1. The minimum atomic E-state index is -1.14. The van der Waals surface area contributed by atoms with E-state index in [1.54, 1.807) is 6.92 Å². The van der Waals surface area contributed by atoms with E-state index < -0.39 is 23.5 Å². The Morgan fingerprint density at radius 3 is 2.46 bits per heavy atom. The van der Waals surface area contributed by atoms with Crippen LogP contribution in [0.15, 0.2) is 42.5 Å². The van der Waals surface area contributed by atoms with Crippen molar-refractivity contribution in [1.29, 1.82) is 0 Å². The van der Waals surface area contributed by atoms with Gasteiger partial charge in [0.25, 0.3) is 5.91 Å². The van der Waals surface area contributed by atoms with Crippen LogP contribution in [0.25, 0.3) is 10.8 Å². The summed E-state index contributed by atoms with van der Waals surface area (Å²) in [5, 5.41) is 14.3.